The molecule has 2 aromatic carbocycles. The smallest absolute Gasteiger partial charge is 0.228 e. The molecule has 1 fully saturated rings. The maximum atomic E-state index is 12.2. The van der Waals surface area contributed by atoms with E-state index in [9.17, 15) is 4.79 Å². The Morgan fingerprint density at radius 2 is 1.91 bits per heavy atom. The molecule has 0 unspecified atom stereocenters. The van der Waals surface area contributed by atoms with E-state index in [0.717, 1.165) is 57.5 Å². The molecule has 158 valence electrons. The van der Waals surface area contributed by atoms with Crippen molar-refractivity contribution in [2.75, 3.05) is 10.6 Å². The standard InChI is InChI=1S/C27H24N4O/c1-3-18-10-9-17(2)22(13-18)24-14-20-16-28-25(31-27(32)19-11-12-19)15-23(20)26(30-24)29-21-7-5-4-6-8-21/h3-10,13-16,19H,1,11-12H2,2H3,(H,29,30)(H,28,31,32). The third-order valence-electron chi connectivity index (χ3n) is 5.72. The average Bonchev–Trinajstić information content (AvgIpc) is 3.66. The van der Waals surface area contributed by atoms with Crippen molar-refractivity contribution in [3.63, 3.8) is 0 Å². The fourth-order valence-corrected chi connectivity index (χ4v) is 3.72. The summed E-state index contributed by atoms with van der Waals surface area (Å²) in [4.78, 5) is 21.7. The summed E-state index contributed by atoms with van der Waals surface area (Å²) in [7, 11) is 0. The number of hydrogen-bond acceptors (Lipinski definition) is 4. The summed E-state index contributed by atoms with van der Waals surface area (Å²) in [5.41, 5.74) is 5.02. The Balaban J connectivity index is 1.63. The molecule has 4 aromatic rings. The average molecular weight is 421 g/mol. The third-order valence-corrected chi connectivity index (χ3v) is 5.72. The summed E-state index contributed by atoms with van der Waals surface area (Å²) in [6.07, 6.45) is 5.54. The van der Waals surface area contributed by atoms with Gasteiger partial charge in [0, 0.05) is 34.1 Å². The first-order chi connectivity index (χ1) is 15.6. The lowest BCUT2D eigenvalue weighted by atomic mass is 10.0. The zero-order valence-electron chi connectivity index (χ0n) is 17.9. The first kappa shape index (κ1) is 19.9. The molecule has 0 saturated heterocycles. The molecule has 1 aliphatic rings. The highest BCUT2D eigenvalue weighted by atomic mass is 16.2. The number of pyridine rings is 2. The van der Waals surface area contributed by atoms with Gasteiger partial charge in [-0.1, -0.05) is 43.0 Å². The lowest BCUT2D eigenvalue weighted by molar-refractivity contribution is -0.117. The molecule has 32 heavy (non-hydrogen) atoms. The largest absolute Gasteiger partial charge is 0.340 e. The van der Waals surface area contributed by atoms with Gasteiger partial charge in [0.05, 0.1) is 5.69 Å². The minimum absolute atomic E-state index is 0.0378. The van der Waals surface area contributed by atoms with Crippen LogP contribution in [0.4, 0.5) is 17.3 Å². The molecule has 5 heteroatoms. The highest BCUT2D eigenvalue weighted by Gasteiger charge is 2.29. The number of aryl methyl sites for hydroxylation is 1. The van der Waals surface area contributed by atoms with Crippen LogP contribution in [0.2, 0.25) is 0 Å². The van der Waals surface area contributed by atoms with Crippen molar-refractivity contribution < 1.29 is 4.79 Å². The van der Waals surface area contributed by atoms with E-state index in [1.807, 2.05) is 54.6 Å². The molecule has 0 atom stereocenters. The zero-order valence-corrected chi connectivity index (χ0v) is 17.9. The Labute approximate surface area is 187 Å². The van der Waals surface area contributed by atoms with E-state index in [4.69, 9.17) is 4.98 Å². The predicted molar refractivity (Wildman–Crippen MR) is 131 cm³/mol. The summed E-state index contributed by atoms with van der Waals surface area (Å²) in [5.74, 6) is 1.42. The fraction of sp³-hybridized carbons (Fsp3) is 0.148. The summed E-state index contributed by atoms with van der Waals surface area (Å²) in [5, 5.41) is 8.23. The molecule has 1 saturated carbocycles. The predicted octanol–water partition coefficient (Wildman–Crippen LogP) is 6.34. The quantitative estimate of drug-likeness (QED) is 0.382. The van der Waals surface area contributed by atoms with Crippen LogP contribution in [0, 0.1) is 12.8 Å². The van der Waals surface area contributed by atoms with E-state index in [-0.39, 0.29) is 11.8 Å². The van der Waals surface area contributed by atoms with Crippen LogP contribution >= 0.6 is 0 Å². The van der Waals surface area contributed by atoms with Crippen molar-refractivity contribution in [2.24, 2.45) is 5.92 Å². The number of anilines is 3. The second-order valence-corrected chi connectivity index (χ2v) is 8.18. The van der Waals surface area contributed by atoms with Crippen molar-refractivity contribution in [3.8, 4) is 11.3 Å². The van der Waals surface area contributed by atoms with Crippen LogP contribution in [-0.2, 0) is 4.79 Å². The van der Waals surface area contributed by atoms with Gasteiger partial charge in [0.2, 0.25) is 5.91 Å². The third kappa shape index (κ3) is 4.10. The molecular weight excluding hydrogens is 396 g/mol. The van der Waals surface area contributed by atoms with Gasteiger partial charge in [-0.3, -0.25) is 4.79 Å². The van der Waals surface area contributed by atoms with Gasteiger partial charge in [0.1, 0.15) is 11.6 Å². The molecule has 0 bridgehead atoms. The number of nitrogens with one attached hydrogen (secondary N) is 2. The number of aromatic nitrogens is 2. The Morgan fingerprint density at radius 1 is 1.09 bits per heavy atom. The number of fused-ring (bicyclic) bond motifs is 1. The van der Waals surface area contributed by atoms with E-state index in [1.54, 1.807) is 6.20 Å². The number of rotatable bonds is 6. The molecule has 2 aromatic heterocycles. The molecule has 1 amide bonds. The van der Waals surface area contributed by atoms with Gasteiger partial charge in [-0.15, -0.1) is 0 Å². The van der Waals surface area contributed by atoms with Gasteiger partial charge >= 0.3 is 0 Å². The van der Waals surface area contributed by atoms with Gasteiger partial charge in [0.15, 0.2) is 0 Å². The topological polar surface area (TPSA) is 66.9 Å². The fourth-order valence-electron chi connectivity index (χ4n) is 3.72. The van der Waals surface area contributed by atoms with Crippen molar-refractivity contribution >= 4 is 40.1 Å². The van der Waals surface area contributed by atoms with Crippen LogP contribution in [0.5, 0.6) is 0 Å². The Bertz CT molecular complexity index is 1330. The van der Waals surface area contributed by atoms with E-state index in [1.165, 1.54) is 0 Å². The summed E-state index contributed by atoms with van der Waals surface area (Å²) in [6.45, 7) is 5.97. The van der Waals surface area contributed by atoms with E-state index in [2.05, 4.69) is 41.3 Å². The number of nitrogens with zero attached hydrogens (tertiary/aromatic N) is 2. The number of amides is 1. The van der Waals surface area contributed by atoms with Gasteiger partial charge < -0.3 is 10.6 Å². The SMILES string of the molecule is C=Cc1ccc(C)c(-c2cc3cnc(NC(=O)C4CC4)cc3c(Nc3ccccc3)n2)c1. The summed E-state index contributed by atoms with van der Waals surface area (Å²) >= 11 is 0. The lowest BCUT2D eigenvalue weighted by Crippen LogP contribution is -2.14. The zero-order chi connectivity index (χ0) is 22.1. The highest BCUT2D eigenvalue weighted by Crippen LogP contribution is 2.34. The molecule has 2 N–H and O–H groups in total. The first-order valence-electron chi connectivity index (χ1n) is 10.8. The number of carbonyl (C=O) groups excluding carboxylic acids is 1. The minimum atomic E-state index is 0.0378. The van der Waals surface area contributed by atoms with E-state index in [0.29, 0.717) is 5.82 Å². The molecule has 0 spiro atoms. The normalized spacial score (nSPS) is 13.0. The number of para-hydroxylation sites is 1. The second kappa shape index (κ2) is 8.27. The number of hydrogen-bond donors (Lipinski definition) is 2. The van der Waals surface area contributed by atoms with Crippen LogP contribution in [0.25, 0.3) is 28.1 Å². The Kier molecular flexibility index (Phi) is 5.15. The molecule has 0 radical (unpaired) electrons. The number of benzene rings is 2. The van der Waals surface area contributed by atoms with Gasteiger partial charge in [-0.25, -0.2) is 9.97 Å². The van der Waals surface area contributed by atoms with Crippen molar-refractivity contribution in [3.05, 3.63) is 84.6 Å². The van der Waals surface area contributed by atoms with Crippen LogP contribution in [-0.4, -0.2) is 15.9 Å². The summed E-state index contributed by atoms with van der Waals surface area (Å²) in [6, 6.07) is 20.1. The Morgan fingerprint density at radius 3 is 2.66 bits per heavy atom. The molecular formula is C27H24N4O. The molecule has 5 rings (SSSR count). The maximum absolute atomic E-state index is 12.2. The lowest BCUT2D eigenvalue weighted by Gasteiger charge is -2.14. The summed E-state index contributed by atoms with van der Waals surface area (Å²) < 4.78 is 0. The van der Waals surface area contributed by atoms with E-state index < -0.39 is 0 Å². The second-order valence-electron chi connectivity index (χ2n) is 8.18. The number of carbonyl (C=O) groups is 1. The minimum Gasteiger partial charge on any atom is -0.340 e. The van der Waals surface area contributed by atoms with Crippen molar-refractivity contribution in [2.45, 2.75) is 19.8 Å². The van der Waals surface area contributed by atoms with Crippen LogP contribution in [0.15, 0.2) is 73.4 Å². The van der Waals surface area contributed by atoms with Crippen LogP contribution < -0.4 is 10.6 Å². The molecule has 1 aliphatic carbocycles. The van der Waals surface area contributed by atoms with Crippen LogP contribution in [0.3, 0.4) is 0 Å². The highest BCUT2D eigenvalue weighted by molar-refractivity contribution is 6.00. The molecule has 5 nitrogen and oxygen atoms in total. The van der Waals surface area contributed by atoms with Gasteiger partial charge in [0.25, 0.3) is 0 Å². The van der Waals surface area contributed by atoms with E-state index >= 15 is 0 Å². The van der Waals surface area contributed by atoms with Crippen molar-refractivity contribution in [1.29, 1.82) is 0 Å². The Hall–Kier alpha value is -3.99. The molecule has 2 heterocycles. The maximum Gasteiger partial charge on any atom is 0.228 e. The van der Waals surface area contributed by atoms with Gasteiger partial charge in [-0.05, 0) is 61.2 Å². The molecule has 0 aliphatic heterocycles. The van der Waals surface area contributed by atoms with Crippen molar-refractivity contribution in [1.82, 2.24) is 9.97 Å². The van der Waals surface area contributed by atoms with Crippen LogP contribution in [0.1, 0.15) is 24.0 Å². The van der Waals surface area contributed by atoms with Gasteiger partial charge in [-0.2, -0.15) is 0 Å². The monoisotopic (exact) mass is 420 g/mol. The first-order valence-corrected chi connectivity index (χ1v) is 10.8.